The minimum atomic E-state index is -0.895. The minimum Gasteiger partial charge on any atom is -0.481 e. The van der Waals surface area contributed by atoms with Crippen LogP contribution in [0.4, 0.5) is 0 Å². The number of carbonyl (C=O) groups is 2. The average Bonchev–Trinajstić information content (AvgIpc) is 2.79. The Morgan fingerprint density at radius 1 is 1.42 bits per heavy atom. The summed E-state index contributed by atoms with van der Waals surface area (Å²) in [6.07, 6.45) is 0.379. The molecule has 0 aliphatic carbocycles. The van der Waals surface area contributed by atoms with Crippen LogP contribution in [0, 0.1) is 5.92 Å². The second kappa shape index (κ2) is 7.45. The molecule has 0 spiro atoms. The van der Waals surface area contributed by atoms with E-state index in [2.05, 4.69) is 5.32 Å². The summed E-state index contributed by atoms with van der Waals surface area (Å²) in [6, 6.07) is -0.249. The molecular formula is C13H24N2O4. The normalized spacial score (nSPS) is 24.2. The summed E-state index contributed by atoms with van der Waals surface area (Å²) in [6.45, 7) is 7.63. The first kappa shape index (κ1) is 15.9. The fourth-order valence-corrected chi connectivity index (χ4v) is 2.48. The van der Waals surface area contributed by atoms with Gasteiger partial charge in [-0.05, 0) is 20.4 Å². The van der Waals surface area contributed by atoms with E-state index in [0.717, 1.165) is 6.54 Å². The van der Waals surface area contributed by atoms with Crippen molar-refractivity contribution in [1.82, 2.24) is 10.2 Å². The summed E-state index contributed by atoms with van der Waals surface area (Å²) in [5, 5.41) is 12.3. The molecule has 0 aromatic heterocycles. The predicted octanol–water partition coefficient (Wildman–Crippen LogP) is 0.323. The number of ether oxygens (including phenoxy) is 1. The highest BCUT2D eigenvalue weighted by Gasteiger charge is 2.39. The molecule has 3 unspecified atom stereocenters. The van der Waals surface area contributed by atoms with Crippen LogP contribution < -0.4 is 5.32 Å². The van der Waals surface area contributed by atoms with Crippen molar-refractivity contribution in [1.29, 1.82) is 0 Å². The van der Waals surface area contributed by atoms with E-state index < -0.39 is 11.9 Å². The molecule has 6 heteroatoms. The lowest BCUT2D eigenvalue weighted by Gasteiger charge is -2.30. The Morgan fingerprint density at radius 3 is 2.63 bits per heavy atom. The summed E-state index contributed by atoms with van der Waals surface area (Å²) in [5.74, 6) is -1.52. The van der Waals surface area contributed by atoms with Crippen LogP contribution >= 0.6 is 0 Å². The van der Waals surface area contributed by atoms with Gasteiger partial charge in [-0.25, -0.2) is 0 Å². The zero-order valence-electron chi connectivity index (χ0n) is 11.9. The van der Waals surface area contributed by atoms with Crippen molar-refractivity contribution in [2.75, 3.05) is 26.3 Å². The maximum Gasteiger partial charge on any atom is 0.311 e. The summed E-state index contributed by atoms with van der Waals surface area (Å²) in [7, 11) is 0. The van der Waals surface area contributed by atoms with Crippen LogP contribution in [0.3, 0.4) is 0 Å². The van der Waals surface area contributed by atoms with E-state index in [9.17, 15) is 9.59 Å². The Morgan fingerprint density at radius 2 is 2.11 bits per heavy atom. The third-order valence-electron chi connectivity index (χ3n) is 3.46. The minimum absolute atomic E-state index is 0.0160. The van der Waals surface area contributed by atoms with Gasteiger partial charge in [-0.3, -0.25) is 9.59 Å². The number of nitrogens with zero attached hydrogens (tertiary/aromatic N) is 1. The summed E-state index contributed by atoms with van der Waals surface area (Å²) >= 11 is 0. The fraction of sp³-hybridized carbons (Fsp3) is 0.846. The standard InChI is InChI=1S/C13H24N2O4/c1-4-14-9(3)6-12(16)15(5-2)11-8-19-7-10(11)13(17)18/h9-11,14H,4-8H2,1-3H3,(H,17,18). The van der Waals surface area contributed by atoms with Crippen molar-refractivity contribution in [3.8, 4) is 0 Å². The Hall–Kier alpha value is -1.14. The maximum absolute atomic E-state index is 12.3. The molecule has 19 heavy (non-hydrogen) atoms. The van der Waals surface area contributed by atoms with Crippen LogP contribution in [-0.4, -0.2) is 60.3 Å². The number of nitrogens with one attached hydrogen (secondary N) is 1. The number of carboxylic acid groups (broad SMARTS) is 1. The fourth-order valence-electron chi connectivity index (χ4n) is 2.48. The Bertz CT molecular complexity index is 322. The molecule has 0 saturated carbocycles. The highest BCUT2D eigenvalue weighted by Crippen LogP contribution is 2.21. The lowest BCUT2D eigenvalue weighted by molar-refractivity contribution is -0.145. The van der Waals surface area contributed by atoms with Crippen LogP contribution in [0.5, 0.6) is 0 Å². The van der Waals surface area contributed by atoms with Crippen LogP contribution in [0.1, 0.15) is 27.2 Å². The molecule has 1 amide bonds. The SMILES string of the molecule is CCNC(C)CC(=O)N(CC)C1COCC1C(=O)O. The molecule has 3 atom stereocenters. The van der Waals surface area contributed by atoms with E-state index in [-0.39, 0.29) is 24.6 Å². The van der Waals surface area contributed by atoms with Crippen LogP contribution in [0.2, 0.25) is 0 Å². The van der Waals surface area contributed by atoms with Crippen LogP contribution in [0.15, 0.2) is 0 Å². The molecule has 1 rings (SSSR count). The highest BCUT2D eigenvalue weighted by molar-refractivity contribution is 5.79. The number of likely N-dealkylation sites (N-methyl/N-ethyl adjacent to an activating group) is 1. The van der Waals surface area contributed by atoms with Crippen molar-refractivity contribution < 1.29 is 19.4 Å². The van der Waals surface area contributed by atoms with Crippen molar-refractivity contribution in [2.45, 2.75) is 39.3 Å². The number of carbonyl (C=O) groups excluding carboxylic acids is 1. The van der Waals surface area contributed by atoms with Gasteiger partial charge in [-0.2, -0.15) is 0 Å². The van der Waals surface area contributed by atoms with Crippen molar-refractivity contribution in [3.63, 3.8) is 0 Å². The second-order valence-electron chi connectivity index (χ2n) is 4.89. The second-order valence-corrected chi connectivity index (χ2v) is 4.89. The first-order valence-corrected chi connectivity index (χ1v) is 6.84. The predicted molar refractivity (Wildman–Crippen MR) is 70.9 cm³/mol. The molecule has 2 N–H and O–H groups in total. The molecule has 1 fully saturated rings. The number of aliphatic carboxylic acids is 1. The molecule has 0 bridgehead atoms. The topological polar surface area (TPSA) is 78.9 Å². The van der Waals surface area contributed by atoms with Crippen molar-refractivity contribution >= 4 is 11.9 Å². The van der Waals surface area contributed by atoms with Gasteiger partial charge in [0.15, 0.2) is 0 Å². The first-order valence-electron chi connectivity index (χ1n) is 6.84. The smallest absolute Gasteiger partial charge is 0.311 e. The van der Waals surface area contributed by atoms with Gasteiger partial charge < -0.3 is 20.1 Å². The van der Waals surface area contributed by atoms with Crippen molar-refractivity contribution in [2.24, 2.45) is 5.92 Å². The van der Waals surface area contributed by atoms with Gasteiger partial charge >= 0.3 is 5.97 Å². The van der Waals surface area contributed by atoms with E-state index in [1.54, 1.807) is 4.90 Å². The Kier molecular flexibility index (Phi) is 6.24. The van der Waals surface area contributed by atoms with Gasteiger partial charge in [0.1, 0.15) is 5.92 Å². The van der Waals surface area contributed by atoms with Crippen molar-refractivity contribution in [3.05, 3.63) is 0 Å². The number of amides is 1. The van der Waals surface area contributed by atoms with Gasteiger partial charge in [-0.15, -0.1) is 0 Å². The van der Waals surface area contributed by atoms with E-state index in [1.807, 2.05) is 20.8 Å². The lowest BCUT2D eigenvalue weighted by atomic mass is 10.0. The molecule has 110 valence electrons. The molecule has 0 aromatic rings. The third-order valence-corrected chi connectivity index (χ3v) is 3.46. The molecule has 1 saturated heterocycles. The zero-order chi connectivity index (χ0) is 14.4. The summed E-state index contributed by atoms with van der Waals surface area (Å²) < 4.78 is 5.23. The summed E-state index contributed by atoms with van der Waals surface area (Å²) in [5.41, 5.74) is 0. The largest absolute Gasteiger partial charge is 0.481 e. The molecule has 1 aliphatic heterocycles. The number of rotatable bonds is 7. The summed E-state index contributed by atoms with van der Waals surface area (Å²) in [4.78, 5) is 25.0. The van der Waals surface area contributed by atoms with Crippen LogP contribution in [0.25, 0.3) is 0 Å². The van der Waals surface area contributed by atoms with Gasteiger partial charge in [-0.1, -0.05) is 6.92 Å². The van der Waals surface area contributed by atoms with Gasteiger partial charge in [0.05, 0.1) is 19.3 Å². The van der Waals surface area contributed by atoms with Gasteiger partial charge in [0.25, 0.3) is 0 Å². The Balaban J connectivity index is 2.66. The first-order chi connectivity index (χ1) is 9.01. The quantitative estimate of drug-likeness (QED) is 0.698. The van der Waals surface area contributed by atoms with E-state index >= 15 is 0 Å². The lowest BCUT2D eigenvalue weighted by Crippen LogP contribution is -2.48. The zero-order valence-corrected chi connectivity index (χ0v) is 11.9. The number of hydrogen-bond donors (Lipinski definition) is 2. The molecule has 0 aromatic carbocycles. The maximum atomic E-state index is 12.3. The average molecular weight is 272 g/mol. The van der Waals surface area contributed by atoms with E-state index in [4.69, 9.17) is 9.84 Å². The van der Waals surface area contributed by atoms with Crippen LogP contribution in [-0.2, 0) is 14.3 Å². The molecule has 1 heterocycles. The third kappa shape index (κ3) is 4.18. The molecule has 1 aliphatic rings. The molecule has 6 nitrogen and oxygen atoms in total. The number of carboxylic acids is 1. The van der Waals surface area contributed by atoms with Gasteiger partial charge in [0, 0.05) is 19.0 Å². The highest BCUT2D eigenvalue weighted by atomic mass is 16.5. The molecular weight excluding hydrogens is 248 g/mol. The monoisotopic (exact) mass is 272 g/mol. The van der Waals surface area contributed by atoms with Gasteiger partial charge in [0.2, 0.25) is 5.91 Å². The number of hydrogen-bond acceptors (Lipinski definition) is 4. The Labute approximate surface area is 114 Å². The van der Waals surface area contributed by atoms with E-state index in [0.29, 0.717) is 19.6 Å². The molecule has 0 radical (unpaired) electrons. The van der Waals surface area contributed by atoms with E-state index in [1.165, 1.54) is 0 Å².